The quantitative estimate of drug-likeness (QED) is 0.547. The second kappa shape index (κ2) is 7.24. The molecule has 2 aliphatic rings. The highest BCUT2D eigenvalue weighted by molar-refractivity contribution is 6.34. The van der Waals surface area contributed by atoms with Crippen molar-refractivity contribution in [3.8, 4) is 0 Å². The molecule has 0 spiro atoms. The summed E-state index contributed by atoms with van der Waals surface area (Å²) in [6.07, 6.45) is -0.878. The Labute approximate surface area is 165 Å². The fourth-order valence-corrected chi connectivity index (χ4v) is 3.62. The zero-order valence-corrected chi connectivity index (χ0v) is 15.9. The van der Waals surface area contributed by atoms with Crippen LogP contribution >= 0.6 is 46.4 Å². The van der Waals surface area contributed by atoms with Crippen molar-refractivity contribution in [1.82, 2.24) is 0 Å². The SMILES string of the molecule is Clc1ccc(Cl)c(C(OC(c2cc(Cl)ccc2Cl)C2CO2)C2CO2)c1. The number of benzene rings is 2. The molecule has 4 atom stereocenters. The molecule has 2 aliphatic heterocycles. The van der Waals surface area contributed by atoms with Crippen LogP contribution in [0.5, 0.6) is 0 Å². The summed E-state index contributed by atoms with van der Waals surface area (Å²) >= 11 is 25.0. The lowest BCUT2D eigenvalue weighted by molar-refractivity contribution is -0.0418. The molecule has 0 amide bonds. The van der Waals surface area contributed by atoms with Gasteiger partial charge >= 0.3 is 0 Å². The first kappa shape index (κ1) is 17.9. The first-order valence-corrected chi connectivity index (χ1v) is 9.32. The minimum Gasteiger partial charge on any atom is -0.370 e. The van der Waals surface area contributed by atoms with E-state index in [0.29, 0.717) is 33.3 Å². The molecule has 0 radical (unpaired) electrons. The average Bonchev–Trinajstić information content (AvgIpc) is 3.46. The summed E-state index contributed by atoms with van der Waals surface area (Å²) in [4.78, 5) is 0. The predicted octanol–water partition coefficient (Wildman–Crippen LogP) is 5.90. The molecule has 0 bridgehead atoms. The van der Waals surface area contributed by atoms with Crippen molar-refractivity contribution in [2.24, 2.45) is 0 Å². The first-order valence-electron chi connectivity index (χ1n) is 7.81. The maximum Gasteiger partial charge on any atom is 0.113 e. The highest BCUT2D eigenvalue weighted by Crippen LogP contribution is 2.44. The molecule has 4 rings (SSSR count). The van der Waals surface area contributed by atoms with Crippen molar-refractivity contribution in [3.05, 3.63) is 67.6 Å². The number of ether oxygens (including phenoxy) is 3. The van der Waals surface area contributed by atoms with E-state index in [9.17, 15) is 0 Å². The molecular weight excluding hydrogens is 406 g/mol. The Morgan fingerprint density at radius 2 is 1.16 bits per heavy atom. The Morgan fingerprint density at radius 3 is 1.52 bits per heavy atom. The van der Waals surface area contributed by atoms with Crippen LogP contribution in [0, 0.1) is 0 Å². The summed E-state index contributed by atoms with van der Waals surface area (Å²) in [5.41, 5.74) is 1.58. The number of rotatable bonds is 6. The minimum atomic E-state index is -0.365. The normalized spacial score (nSPS) is 24.0. The van der Waals surface area contributed by atoms with Gasteiger partial charge in [0, 0.05) is 31.2 Å². The second-order valence-corrected chi connectivity index (χ2v) is 7.74. The molecule has 4 unspecified atom stereocenters. The Hall–Kier alpha value is -0.520. The maximum absolute atomic E-state index is 6.41. The van der Waals surface area contributed by atoms with Gasteiger partial charge in [-0.05, 0) is 36.4 Å². The van der Waals surface area contributed by atoms with Crippen LogP contribution < -0.4 is 0 Å². The largest absolute Gasteiger partial charge is 0.370 e. The fourth-order valence-electron chi connectivity index (χ4n) is 2.81. The van der Waals surface area contributed by atoms with Gasteiger partial charge < -0.3 is 14.2 Å². The van der Waals surface area contributed by atoms with E-state index < -0.39 is 0 Å². The van der Waals surface area contributed by atoms with Crippen LogP contribution in [0.15, 0.2) is 36.4 Å². The van der Waals surface area contributed by atoms with Gasteiger partial charge in [0.1, 0.15) is 24.4 Å². The topological polar surface area (TPSA) is 34.3 Å². The first-order chi connectivity index (χ1) is 12.0. The van der Waals surface area contributed by atoms with Crippen molar-refractivity contribution in [2.75, 3.05) is 13.2 Å². The average molecular weight is 420 g/mol. The molecule has 25 heavy (non-hydrogen) atoms. The summed E-state index contributed by atoms with van der Waals surface area (Å²) < 4.78 is 17.4. The van der Waals surface area contributed by atoms with Crippen molar-refractivity contribution in [2.45, 2.75) is 24.4 Å². The van der Waals surface area contributed by atoms with E-state index in [-0.39, 0.29) is 24.4 Å². The van der Waals surface area contributed by atoms with E-state index in [4.69, 9.17) is 60.6 Å². The van der Waals surface area contributed by atoms with Crippen molar-refractivity contribution < 1.29 is 14.2 Å². The van der Waals surface area contributed by atoms with Crippen LogP contribution in [0.2, 0.25) is 20.1 Å². The highest BCUT2D eigenvalue weighted by atomic mass is 35.5. The summed E-state index contributed by atoms with van der Waals surface area (Å²) in [7, 11) is 0. The van der Waals surface area contributed by atoms with Crippen molar-refractivity contribution in [1.29, 1.82) is 0 Å². The summed E-state index contributed by atoms with van der Waals surface area (Å²) in [6.45, 7) is 1.21. The molecule has 0 aliphatic carbocycles. The van der Waals surface area contributed by atoms with Gasteiger partial charge in [-0.1, -0.05) is 46.4 Å². The van der Waals surface area contributed by atoms with Crippen LogP contribution in [0.3, 0.4) is 0 Å². The van der Waals surface area contributed by atoms with Gasteiger partial charge in [-0.2, -0.15) is 0 Å². The lowest BCUT2D eigenvalue weighted by atomic mass is 10.0. The van der Waals surface area contributed by atoms with Gasteiger partial charge in [-0.25, -0.2) is 0 Å². The van der Waals surface area contributed by atoms with E-state index in [1.807, 2.05) is 0 Å². The zero-order chi connectivity index (χ0) is 17.6. The lowest BCUT2D eigenvalue weighted by Crippen LogP contribution is -2.19. The number of epoxide rings is 2. The van der Waals surface area contributed by atoms with E-state index in [1.54, 1.807) is 36.4 Å². The molecule has 2 fully saturated rings. The maximum atomic E-state index is 6.41. The van der Waals surface area contributed by atoms with Gasteiger partial charge in [0.2, 0.25) is 0 Å². The van der Waals surface area contributed by atoms with Crippen LogP contribution in [-0.4, -0.2) is 25.4 Å². The minimum absolute atomic E-state index is 0.0739. The molecule has 2 heterocycles. The fraction of sp³-hybridized carbons (Fsp3) is 0.333. The van der Waals surface area contributed by atoms with Crippen LogP contribution in [0.25, 0.3) is 0 Å². The third kappa shape index (κ3) is 4.09. The molecular formula is C18H14Cl4O3. The third-order valence-corrected chi connectivity index (χ3v) is 5.37. The van der Waals surface area contributed by atoms with Crippen LogP contribution in [0.1, 0.15) is 23.3 Å². The van der Waals surface area contributed by atoms with Crippen molar-refractivity contribution >= 4 is 46.4 Å². The molecule has 132 valence electrons. The molecule has 3 nitrogen and oxygen atoms in total. The standard InChI is InChI=1S/C18H14Cl4O3/c19-9-1-3-13(21)11(5-9)17(15-7-23-15)25-18(16-8-24-16)12-6-10(20)2-4-14(12)22/h1-6,15-18H,7-8H2. The number of halogens is 4. The summed E-state index contributed by atoms with van der Waals surface area (Å²) in [5.74, 6) is 0. The second-order valence-electron chi connectivity index (χ2n) is 6.05. The number of hydrogen-bond donors (Lipinski definition) is 0. The summed E-state index contributed by atoms with van der Waals surface area (Å²) in [6, 6.07) is 10.6. The number of hydrogen-bond acceptors (Lipinski definition) is 3. The van der Waals surface area contributed by atoms with E-state index in [2.05, 4.69) is 0 Å². The predicted molar refractivity (Wildman–Crippen MR) is 99.0 cm³/mol. The lowest BCUT2D eigenvalue weighted by Gasteiger charge is -2.25. The van der Waals surface area contributed by atoms with E-state index >= 15 is 0 Å². The van der Waals surface area contributed by atoms with Crippen molar-refractivity contribution in [3.63, 3.8) is 0 Å². The van der Waals surface area contributed by atoms with E-state index in [1.165, 1.54) is 0 Å². The summed E-state index contributed by atoms with van der Waals surface area (Å²) in [5, 5.41) is 2.34. The Morgan fingerprint density at radius 1 is 0.760 bits per heavy atom. The zero-order valence-electron chi connectivity index (χ0n) is 12.9. The molecule has 0 saturated carbocycles. The van der Waals surface area contributed by atoms with Gasteiger partial charge in [0.25, 0.3) is 0 Å². The molecule has 7 heteroatoms. The Balaban J connectivity index is 1.68. The molecule has 2 aromatic carbocycles. The molecule has 0 N–H and O–H groups in total. The smallest absolute Gasteiger partial charge is 0.113 e. The van der Waals surface area contributed by atoms with Crippen LogP contribution in [-0.2, 0) is 14.2 Å². The van der Waals surface area contributed by atoms with Gasteiger partial charge in [-0.15, -0.1) is 0 Å². The van der Waals surface area contributed by atoms with Gasteiger partial charge in [-0.3, -0.25) is 0 Å². The molecule has 0 aromatic heterocycles. The molecule has 2 aromatic rings. The van der Waals surface area contributed by atoms with Gasteiger partial charge in [0.05, 0.1) is 13.2 Å². The Kier molecular flexibility index (Phi) is 5.18. The van der Waals surface area contributed by atoms with E-state index in [0.717, 1.165) is 11.1 Å². The monoisotopic (exact) mass is 418 g/mol. The van der Waals surface area contributed by atoms with Gasteiger partial charge in [0.15, 0.2) is 0 Å². The third-order valence-electron chi connectivity index (χ3n) is 4.22. The highest BCUT2D eigenvalue weighted by Gasteiger charge is 2.43. The molecule has 2 saturated heterocycles. The van der Waals surface area contributed by atoms with Crippen LogP contribution in [0.4, 0.5) is 0 Å². The Bertz CT molecular complexity index is 724.